The van der Waals surface area contributed by atoms with Crippen molar-refractivity contribution in [3.8, 4) is 0 Å². The van der Waals surface area contributed by atoms with Crippen LogP contribution >= 0.6 is 15.9 Å². The van der Waals surface area contributed by atoms with E-state index >= 15 is 0 Å². The van der Waals surface area contributed by atoms with Crippen LogP contribution in [0.2, 0.25) is 0 Å². The molecule has 0 amide bonds. The molecule has 5 heteroatoms. The van der Waals surface area contributed by atoms with E-state index in [1.165, 1.54) is 0 Å². The predicted molar refractivity (Wildman–Crippen MR) is 80.2 cm³/mol. The number of fused-ring (bicyclic) bond motifs is 1. The Morgan fingerprint density at radius 1 is 1.11 bits per heavy atom. The summed E-state index contributed by atoms with van der Waals surface area (Å²) < 4.78 is 0.699. The molecule has 2 aromatic carbocycles. The quantitative estimate of drug-likeness (QED) is 0.795. The number of aliphatic hydroxyl groups excluding tert-OH is 1. The average Bonchev–Trinajstić information content (AvgIpc) is 2.44. The molecule has 1 unspecified atom stereocenters. The van der Waals surface area contributed by atoms with Crippen molar-refractivity contribution < 1.29 is 5.11 Å². The lowest BCUT2D eigenvalue weighted by atomic mass is 10.1. The molecule has 1 aliphatic heterocycles. The largest absolute Gasteiger partial charge is 0.399 e. The Morgan fingerprint density at radius 2 is 1.79 bits per heavy atom. The third-order valence-electron chi connectivity index (χ3n) is 3.05. The molecule has 4 nitrogen and oxygen atoms in total. The molecule has 19 heavy (non-hydrogen) atoms. The van der Waals surface area contributed by atoms with Gasteiger partial charge in [0.25, 0.3) is 0 Å². The van der Waals surface area contributed by atoms with Crippen molar-refractivity contribution in [1.29, 1.82) is 0 Å². The second-order valence-electron chi connectivity index (χ2n) is 4.29. The Labute approximate surface area is 119 Å². The van der Waals surface area contributed by atoms with E-state index in [9.17, 15) is 5.11 Å². The second kappa shape index (κ2) is 4.68. The highest BCUT2D eigenvalue weighted by Gasteiger charge is 2.26. The van der Waals surface area contributed by atoms with Crippen molar-refractivity contribution in [2.75, 3.05) is 10.7 Å². The lowest BCUT2D eigenvalue weighted by molar-refractivity contribution is 0.171. The Hall–Kier alpha value is -1.85. The Kier molecular flexibility index (Phi) is 3.00. The highest BCUT2D eigenvalue weighted by atomic mass is 79.9. The molecule has 2 aromatic rings. The first-order chi connectivity index (χ1) is 9.16. The molecule has 1 atom stereocenters. The van der Waals surface area contributed by atoms with Gasteiger partial charge in [-0.3, -0.25) is 0 Å². The minimum atomic E-state index is -0.805. The van der Waals surface area contributed by atoms with Gasteiger partial charge in [0.15, 0.2) is 6.23 Å². The zero-order chi connectivity index (χ0) is 13.4. The Bertz CT molecular complexity index is 639. The maximum absolute atomic E-state index is 10.4. The fraction of sp³-hybridized carbons (Fsp3) is 0.0714. The maximum atomic E-state index is 10.4. The first-order valence-corrected chi connectivity index (χ1v) is 6.62. The topological polar surface area (TPSA) is 61.8 Å². The van der Waals surface area contributed by atoms with Crippen LogP contribution in [0.25, 0.3) is 0 Å². The van der Waals surface area contributed by atoms with Gasteiger partial charge in [0.05, 0.1) is 5.69 Å². The number of hydrogen-bond acceptors (Lipinski definition) is 4. The van der Waals surface area contributed by atoms with Gasteiger partial charge in [-0.05, 0) is 40.2 Å². The molecule has 1 aliphatic rings. The lowest BCUT2D eigenvalue weighted by Gasteiger charge is -2.30. The molecule has 0 spiro atoms. The molecular weight excluding hydrogens is 306 g/mol. The summed E-state index contributed by atoms with van der Waals surface area (Å²) in [5.41, 5.74) is 8.86. The van der Waals surface area contributed by atoms with Crippen LogP contribution in [-0.2, 0) is 0 Å². The molecule has 0 saturated carbocycles. The smallest absolute Gasteiger partial charge is 0.174 e. The fourth-order valence-corrected chi connectivity index (χ4v) is 2.60. The number of hydrogen-bond donors (Lipinski definition) is 2. The van der Waals surface area contributed by atoms with Crippen molar-refractivity contribution in [1.82, 2.24) is 0 Å². The number of benzene rings is 2. The number of aliphatic hydroxyl groups is 1. The third kappa shape index (κ3) is 2.11. The standard InChI is InChI=1S/C14H12BrN3O/c15-13-11-3-1-2-4-12(11)14(19)18(17-13)10-7-5-9(16)6-8-10/h1-8,14,19H,16H2. The van der Waals surface area contributed by atoms with Gasteiger partial charge in [-0.2, -0.15) is 5.10 Å². The van der Waals surface area contributed by atoms with E-state index in [1.54, 1.807) is 17.1 Å². The highest BCUT2D eigenvalue weighted by molar-refractivity contribution is 9.18. The normalized spacial score (nSPS) is 17.9. The van der Waals surface area contributed by atoms with E-state index in [4.69, 9.17) is 5.73 Å². The number of nitrogens with zero attached hydrogens (tertiary/aromatic N) is 2. The summed E-state index contributed by atoms with van der Waals surface area (Å²) >= 11 is 3.44. The Balaban J connectivity index is 2.06. The second-order valence-corrected chi connectivity index (χ2v) is 5.04. The monoisotopic (exact) mass is 317 g/mol. The summed E-state index contributed by atoms with van der Waals surface area (Å²) in [6.45, 7) is 0. The molecule has 0 aromatic heterocycles. The molecule has 96 valence electrons. The lowest BCUT2D eigenvalue weighted by Crippen LogP contribution is -2.29. The molecular formula is C14H12BrN3O. The minimum Gasteiger partial charge on any atom is -0.399 e. The first kappa shape index (κ1) is 12.2. The van der Waals surface area contributed by atoms with E-state index in [-0.39, 0.29) is 0 Å². The van der Waals surface area contributed by atoms with E-state index in [0.717, 1.165) is 16.8 Å². The highest BCUT2D eigenvalue weighted by Crippen LogP contribution is 2.33. The summed E-state index contributed by atoms with van der Waals surface area (Å²) in [5, 5.41) is 16.4. The van der Waals surface area contributed by atoms with Gasteiger partial charge in [0.1, 0.15) is 4.62 Å². The summed E-state index contributed by atoms with van der Waals surface area (Å²) in [6.07, 6.45) is -0.805. The third-order valence-corrected chi connectivity index (χ3v) is 3.63. The first-order valence-electron chi connectivity index (χ1n) is 5.83. The molecule has 0 fully saturated rings. The SMILES string of the molecule is Nc1ccc(N2N=C(Br)c3ccccc3C2O)cc1. The van der Waals surface area contributed by atoms with Gasteiger partial charge in [-0.1, -0.05) is 24.3 Å². The van der Waals surface area contributed by atoms with Crippen molar-refractivity contribution in [2.45, 2.75) is 6.23 Å². The van der Waals surface area contributed by atoms with Crippen LogP contribution in [0.5, 0.6) is 0 Å². The number of nitrogens with two attached hydrogens (primary N) is 1. The summed E-state index contributed by atoms with van der Waals surface area (Å²) in [6, 6.07) is 14.9. The summed E-state index contributed by atoms with van der Waals surface area (Å²) in [5.74, 6) is 0. The molecule has 0 radical (unpaired) electrons. The Morgan fingerprint density at radius 3 is 2.53 bits per heavy atom. The van der Waals surface area contributed by atoms with E-state index in [2.05, 4.69) is 21.0 Å². The van der Waals surface area contributed by atoms with Gasteiger partial charge >= 0.3 is 0 Å². The zero-order valence-electron chi connectivity index (χ0n) is 9.99. The van der Waals surface area contributed by atoms with Crippen LogP contribution in [-0.4, -0.2) is 9.73 Å². The number of nitrogen functional groups attached to an aromatic ring is 1. The number of rotatable bonds is 1. The number of halogens is 1. The molecule has 0 saturated heterocycles. The predicted octanol–water partition coefficient (Wildman–Crippen LogP) is 2.84. The van der Waals surface area contributed by atoms with Gasteiger partial charge in [0.2, 0.25) is 0 Å². The summed E-state index contributed by atoms with van der Waals surface area (Å²) in [4.78, 5) is 0. The molecule has 3 N–H and O–H groups in total. The number of anilines is 2. The van der Waals surface area contributed by atoms with Crippen molar-refractivity contribution >= 4 is 31.9 Å². The van der Waals surface area contributed by atoms with Crippen molar-refractivity contribution in [3.05, 3.63) is 59.7 Å². The molecule has 0 aliphatic carbocycles. The zero-order valence-corrected chi connectivity index (χ0v) is 11.6. The van der Waals surface area contributed by atoms with Crippen LogP contribution in [0, 0.1) is 0 Å². The van der Waals surface area contributed by atoms with E-state index in [0.29, 0.717) is 10.3 Å². The van der Waals surface area contributed by atoms with Crippen LogP contribution in [0.15, 0.2) is 53.6 Å². The van der Waals surface area contributed by atoms with Crippen LogP contribution in [0.1, 0.15) is 17.4 Å². The number of hydrazone groups is 1. The van der Waals surface area contributed by atoms with Crippen molar-refractivity contribution in [3.63, 3.8) is 0 Å². The summed E-state index contributed by atoms with van der Waals surface area (Å²) in [7, 11) is 0. The maximum Gasteiger partial charge on any atom is 0.174 e. The molecule has 3 rings (SSSR count). The fourth-order valence-electron chi connectivity index (χ4n) is 2.07. The average molecular weight is 318 g/mol. The van der Waals surface area contributed by atoms with Gasteiger partial charge < -0.3 is 10.8 Å². The van der Waals surface area contributed by atoms with Gasteiger partial charge in [-0.15, -0.1) is 0 Å². The van der Waals surface area contributed by atoms with E-state index in [1.807, 2.05) is 36.4 Å². The molecule has 1 heterocycles. The van der Waals surface area contributed by atoms with Gasteiger partial charge in [0, 0.05) is 16.8 Å². The minimum absolute atomic E-state index is 0.679. The molecule has 0 bridgehead atoms. The van der Waals surface area contributed by atoms with Crippen LogP contribution in [0.3, 0.4) is 0 Å². The van der Waals surface area contributed by atoms with E-state index < -0.39 is 6.23 Å². The van der Waals surface area contributed by atoms with Crippen molar-refractivity contribution in [2.24, 2.45) is 5.10 Å². The van der Waals surface area contributed by atoms with Crippen LogP contribution in [0.4, 0.5) is 11.4 Å². The van der Waals surface area contributed by atoms with Gasteiger partial charge in [-0.25, -0.2) is 5.01 Å². The van der Waals surface area contributed by atoms with Crippen LogP contribution < -0.4 is 10.7 Å².